The summed E-state index contributed by atoms with van der Waals surface area (Å²) in [4.78, 5) is 9.41. The summed E-state index contributed by atoms with van der Waals surface area (Å²) in [5, 5.41) is 4.00. The minimum Gasteiger partial charge on any atom is -0.306 e. The van der Waals surface area contributed by atoms with Crippen molar-refractivity contribution >= 4 is 11.8 Å². The molecule has 1 unspecified atom stereocenters. The van der Waals surface area contributed by atoms with Crippen LogP contribution in [0, 0.1) is 6.92 Å². The zero-order chi connectivity index (χ0) is 13.9. The van der Waals surface area contributed by atoms with E-state index in [0.717, 1.165) is 23.8 Å². The summed E-state index contributed by atoms with van der Waals surface area (Å²) >= 11 is 2.01. The Morgan fingerprint density at radius 2 is 2.11 bits per heavy atom. The van der Waals surface area contributed by atoms with Crippen molar-refractivity contribution in [3.8, 4) is 0 Å². The zero-order valence-corrected chi connectivity index (χ0v) is 13.3. The highest BCUT2D eigenvalue weighted by atomic mass is 32.2. The van der Waals surface area contributed by atoms with Gasteiger partial charge in [-0.05, 0) is 52.4 Å². The molecule has 1 saturated heterocycles. The van der Waals surface area contributed by atoms with Gasteiger partial charge in [0.05, 0.1) is 10.9 Å². The van der Waals surface area contributed by atoms with Crippen molar-refractivity contribution in [3.05, 3.63) is 23.3 Å². The predicted octanol–water partition coefficient (Wildman–Crippen LogP) is 3.63. The van der Waals surface area contributed by atoms with Crippen LogP contribution in [0.5, 0.6) is 0 Å². The van der Waals surface area contributed by atoms with Gasteiger partial charge in [-0.1, -0.05) is 6.42 Å². The Morgan fingerprint density at radius 1 is 1.32 bits per heavy atom. The second-order valence-corrected chi connectivity index (χ2v) is 7.63. The summed E-state index contributed by atoms with van der Waals surface area (Å²) < 4.78 is 0. The van der Waals surface area contributed by atoms with Crippen LogP contribution in [0.2, 0.25) is 0 Å². The van der Waals surface area contributed by atoms with Gasteiger partial charge in [0.2, 0.25) is 0 Å². The van der Waals surface area contributed by atoms with Gasteiger partial charge >= 0.3 is 0 Å². The Kier molecular flexibility index (Phi) is 4.85. The first-order valence-electron chi connectivity index (χ1n) is 7.15. The Balaban J connectivity index is 2.10. The van der Waals surface area contributed by atoms with Crippen LogP contribution < -0.4 is 5.32 Å². The number of aromatic nitrogens is 2. The molecule has 1 aliphatic rings. The first kappa shape index (κ1) is 14.8. The van der Waals surface area contributed by atoms with E-state index in [4.69, 9.17) is 4.98 Å². The first-order valence-corrected chi connectivity index (χ1v) is 8.20. The maximum Gasteiger partial charge on any atom is 0.141 e. The highest BCUT2D eigenvalue weighted by molar-refractivity contribution is 7.99. The van der Waals surface area contributed by atoms with E-state index in [9.17, 15) is 0 Å². The van der Waals surface area contributed by atoms with Gasteiger partial charge in [-0.25, -0.2) is 9.97 Å². The predicted molar refractivity (Wildman–Crippen MR) is 82.4 cm³/mol. The molecular weight excluding hydrogens is 254 g/mol. The molecule has 1 aliphatic heterocycles. The topological polar surface area (TPSA) is 37.8 Å². The maximum atomic E-state index is 4.77. The number of thioether (sulfide) groups is 1. The van der Waals surface area contributed by atoms with Crippen molar-refractivity contribution in [2.45, 2.75) is 64.3 Å². The average molecular weight is 279 g/mol. The quantitative estimate of drug-likeness (QED) is 0.917. The molecule has 0 amide bonds. The van der Waals surface area contributed by atoms with Crippen LogP contribution in [0.4, 0.5) is 0 Å². The van der Waals surface area contributed by atoms with Gasteiger partial charge in [-0.2, -0.15) is 11.8 Å². The monoisotopic (exact) mass is 279 g/mol. The highest BCUT2D eigenvalue weighted by Crippen LogP contribution is 2.36. The molecular formula is C15H25N3S. The lowest BCUT2D eigenvalue weighted by atomic mass is 10.1. The number of nitrogens with one attached hydrogen (secondary N) is 1. The molecule has 4 heteroatoms. The molecule has 1 aromatic heterocycles. The molecule has 0 saturated carbocycles. The minimum absolute atomic E-state index is 0.124. The van der Waals surface area contributed by atoms with E-state index in [1.165, 1.54) is 25.0 Å². The molecule has 0 radical (unpaired) electrons. The van der Waals surface area contributed by atoms with Crippen molar-refractivity contribution in [3.63, 3.8) is 0 Å². The summed E-state index contributed by atoms with van der Waals surface area (Å²) in [5.41, 5.74) is 2.32. The Hall–Kier alpha value is -0.610. The lowest BCUT2D eigenvalue weighted by Gasteiger charge is -2.22. The summed E-state index contributed by atoms with van der Waals surface area (Å²) in [6.45, 7) is 9.42. The van der Waals surface area contributed by atoms with Crippen molar-refractivity contribution in [2.75, 3.05) is 5.75 Å². The standard InChI is InChI=1S/C15H25N3S/c1-11-9-12(10-16-15(2,3)4)18-14(17-11)13-7-5-6-8-19-13/h9,13,16H,5-8,10H2,1-4H3. The molecule has 0 spiro atoms. The Morgan fingerprint density at radius 3 is 2.74 bits per heavy atom. The number of hydrogen-bond donors (Lipinski definition) is 1. The van der Waals surface area contributed by atoms with Crippen molar-refractivity contribution < 1.29 is 0 Å². The van der Waals surface area contributed by atoms with Gasteiger partial charge in [-0.3, -0.25) is 0 Å². The fourth-order valence-corrected chi connectivity index (χ4v) is 3.44. The van der Waals surface area contributed by atoms with E-state index >= 15 is 0 Å². The molecule has 1 atom stereocenters. The van der Waals surface area contributed by atoms with E-state index in [1.807, 2.05) is 11.8 Å². The number of nitrogens with zero attached hydrogens (tertiary/aromatic N) is 2. The van der Waals surface area contributed by atoms with Crippen molar-refractivity contribution in [1.29, 1.82) is 0 Å². The smallest absolute Gasteiger partial charge is 0.141 e. The lowest BCUT2D eigenvalue weighted by Crippen LogP contribution is -2.35. The van der Waals surface area contributed by atoms with Gasteiger partial charge in [0.25, 0.3) is 0 Å². The molecule has 0 aliphatic carbocycles. The van der Waals surface area contributed by atoms with Gasteiger partial charge in [0.1, 0.15) is 5.82 Å². The van der Waals surface area contributed by atoms with Crippen LogP contribution in [0.25, 0.3) is 0 Å². The van der Waals surface area contributed by atoms with Gasteiger partial charge in [0.15, 0.2) is 0 Å². The molecule has 1 aromatic rings. The maximum absolute atomic E-state index is 4.77. The van der Waals surface area contributed by atoms with Gasteiger partial charge in [0, 0.05) is 17.8 Å². The van der Waals surface area contributed by atoms with E-state index in [1.54, 1.807) is 0 Å². The SMILES string of the molecule is Cc1cc(CNC(C)(C)C)nc(C2CCCCS2)n1. The molecule has 0 bridgehead atoms. The number of rotatable bonds is 3. The second-order valence-electron chi connectivity index (χ2n) is 6.32. The summed E-state index contributed by atoms with van der Waals surface area (Å²) in [6, 6.07) is 2.09. The Labute approximate surface area is 121 Å². The first-order chi connectivity index (χ1) is 8.94. The van der Waals surface area contributed by atoms with Crippen LogP contribution in [-0.2, 0) is 6.54 Å². The van der Waals surface area contributed by atoms with Crippen molar-refractivity contribution in [1.82, 2.24) is 15.3 Å². The molecule has 1 fully saturated rings. The second kappa shape index (κ2) is 6.23. The summed E-state index contributed by atoms with van der Waals surface area (Å²) in [6.07, 6.45) is 3.87. The van der Waals surface area contributed by atoms with Gasteiger partial charge in [-0.15, -0.1) is 0 Å². The molecule has 0 aromatic carbocycles. The third-order valence-electron chi connectivity index (χ3n) is 3.19. The van der Waals surface area contributed by atoms with Crippen LogP contribution in [0.3, 0.4) is 0 Å². The fourth-order valence-electron chi connectivity index (χ4n) is 2.19. The molecule has 2 heterocycles. The number of hydrogen-bond acceptors (Lipinski definition) is 4. The van der Waals surface area contributed by atoms with Gasteiger partial charge < -0.3 is 5.32 Å². The third-order valence-corrected chi connectivity index (χ3v) is 4.57. The zero-order valence-electron chi connectivity index (χ0n) is 12.5. The molecule has 3 nitrogen and oxygen atoms in total. The molecule has 19 heavy (non-hydrogen) atoms. The fraction of sp³-hybridized carbons (Fsp3) is 0.733. The summed E-state index contributed by atoms with van der Waals surface area (Å²) in [7, 11) is 0. The van der Waals surface area contributed by atoms with Crippen LogP contribution in [0.1, 0.15) is 62.5 Å². The third kappa shape index (κ3) is 4.77. The van der Waals surface area contributed by atoms with Crippen molar-refractivity contribution in [2.24, 2.45) is 0 Å². The molecule has 106 valence electrons. The van der Waals surface area contributed by atoms with Crippen LogP contribution in [0.15, 0.2) is 6.07 Å². The van der Waals surface area contributed by atoms with Crippen LogP contribution >= 0.6 is 11.8 Å². The van der Waals surface area contributed by atoms with E-state index in [0.29, 0.717) is 5.25 Å². The average Bonchev–Trinajstić information content (AvgIpc) is 2.36. The summed E-state index contributed by atoms with van der Waals surface area (Å²) in [5.74, 6) is 2.28. The van der Waals surface area contributed by atoms with E-state index in [2.05, 4.69) is 44.1 Å². The number of aryl methyl sites for hydroxylation is 1. The largest absolute Gasteiger partial charge is 0.306 e. The Bertz CT molecular complexity index is 420. The highest BCUT2D eigenvalue weighted by Gasteiger charge is 2.19. The molecule has 2 rings (SSSR count). The minimum atomic E-state index is 0.124. The van der Waals surface area contributed by atoms with Crippen LogP contribution in [-0.4, -0.2) is 21.3 Å². The lowest BCUT2D eigenvalue weighted by molar-refractivity contribution is 0.420. The normalized spacial score (nSPS) is 20.5. The van der Waals surface area contributed by atoms with E-state index in [-0.39, 0.29) is 5.54 Å². The van der Waals surface area contributed by atoms with E-state index < -0.39 is 0 Å². The molecule has 1 N–H and O–H groups in total.